The van der Waals surface area contributed by atoms with Crippen LogP contribution in [0.4, 0.5) is 5.69 Å². The number of carbonyl (C=O) groups is 1. The van der Waals surface area contributed by atoms with Gasteiger partial charge in [-0.05, 0) is 37.6 Å². The number of thioether (sulfide) groups is 1. The van der Waals surface area contributed by atoms with Crippen molar-refractivity contribution in [1.82, 2.24) is 14.9 Å². The molecule has 1 aromatic carbocycles. The summed E-state index contributed by atoms with van der Waals surface area (Å²) in [6.45, 7) is 3.41. The minimum absolute atomic E-state index is 0.0304. The number of hydrogen-bond acceptors (Lipinski definition) is 6. The van der Waals surface area contributed by atoms with Crippen molar-refractivity contribution in [3.63, 3.8) is 0 Å². The molecule has 0 saturated carbocycles. The van der Waals surface area contributed by atoms with Crippen LogP contribution in [0.2, 0.25) is 0 Å². The number of aryl methyl sites for hydroxylation is 1. The Kier molecular flexibility index (Phi) is 4.48. The number of aromatic nitrogens is 2. The van der Waals surface area contributed by atoms with Crippen molar-refractivity contribution in [2.24, 2.45) is 0 Å². The summed E-state index contributed by atoms with van der Waals surface area (Å²) in [6.07, 6.45) is 4.30. The molecule has 2 aromatic rings. The van der Waals surface area contributed by atoms with E-state index < -0.39 is 0 Å². The van der Waals surface area contributed by atoms with Gasteiger partial charge in [0.05, 0.1) is 17.4 Å². The zero-order chi connectivity index (χ0) is 18.1. The smallest absolute Gasteiger partial charge is 0.257 e. The van der Waals surface area contributed by atoms with Crippen LogP contribution in [-0.4, -0.2) is 57.5 Å². The Balaban J connectivity index is 1.31. The van der Waals surface area contributed by atoms with Gasteiger partial charge in [-0.25, -0.2) is 9.97 Å². The van der Waals surface area contributed by atoms with Crippen LogP contribution in [0.25, 0.3) is 0 Å². The lowest BCUT2D eigenvalue weighted by Gasteiger charge is -2.47. The molecule has 7 heteroatoms. The lowest BCUT2D eigenvalue weighted by molar-refractivity contribution is 0.0556. The number of ether oxygens (including phenoxy) is 1. The molecule has 0 aliphatic carbocycles. The first kappa shape index (κ1) is 17.1. The fourth-order valence-electron chi connectivity index (χ4n) is 3.56. The highest BCUT2D eigenvalue weighted by Gasteiger charge is 2.50. The molecule has 6 nitrogen and oxygen atoms in total. The predicted octanol–water partition coefficient (Wildman–Crippen LogP) is 2.61. The molecule has 1 N–H and O–H groups in total. The molecule has 2 saturated heterocycles. The molecular weight excluding hydrogens is 348 g/mol. The maximum Gasteiger partial charge on any atom is 0.257 e. The second-order valence-corrected chi connectivity index (χ2v) is 8.44. The highest BCUT2D eigenvalue weighted by Crippen LogP contribution is 2.46. The molecule has 136 valence electrons. The van der Waals surface area contributed by atoms with E-state index in [1.54, 1.807) is 19.5 Å². The number of benzene rings is 1. The number of methoxy groups -OCH3 is 1. The van der Waals surface area contributed by atoms with E-state index in [4.69, 9.17) is 4.74 Å². The lowest BCUT2D eigenvalue weighted by Crippen LogP contribution is -2.60. The quantitative estimate of drug-likeness (QED) is 0.892. The number of nitrogens with zero attached hydrogens (tertiary/aromatic N) is 3. The Morgan fingerprint density at radius 2 is 1.96 bits per heavy atom. The second kappa shape index (κ2) is 6.79. The van der Waals surface area contributed by atoms with Gasteiger partial charge in [-0.1, -0.05) is 0 Å². The molecular formula is C19H22N4O2S. The highest BCUT2D eigenvalue weighted by molar-refractivity contribution is 8.01. The average molecular weight is 370 g/mol. The molecule has 1 atom stereocenters. The summed E-state index contributed by atoms with van der Waals surface area (Å²) in [5.41, 5.74) is 1.68. The van der Waals surface area contributed by atoms with Crippen LogP contribution in [0.1, 0.15) is 22.6 Å². The van der Waals surface area contributed by atoms with Crippen LogP contribution in [0.3, 0.4) is 0 Å². The van der Waals surface area contributed by atoms with Gasteiger partial charge < -0.3 is 15.0 Å². The van der Waals surface area contributed by atoms with E-state index in [1.165, 1.54) is 0 Å². The summed E-state index contributed by atoms with van der Waals surface area (Å²) >= 11 is 1.97. The fourth-order valence-corrected chi connectivity index (χ4v) is 5.13. The predicted molar refractivity (Wildman–Crippen MR) is 103 cm³/mol. The van der Waals surface area contributed by atoms with Crippen molar-refractivity contribution in [2.75, 3.05) is 31.3 Å². The maximum absolute atomic E-state index is 12.5. The molecule has 2 aliphatic rings. The molecule has 0 bridgehead atoms. The van der Waals surface area contributed by atoms with Crippen molar-refractivity contribution in [2.45, 2.75) is 24.1 Å². The van der Waals surface area contributed by atoms with Crippen LogP contribution in [0.5, 0.6) is 5.75 Å². The zero-order valence-electron chi connectivity index (χ0n) is 14.9. The first-order valence-electron chi connectivity index (χ1n) is 8.69. The van der Waals surface area contributed by atoms with Gasteiger partial charge in [-0.15, -0.1) is 11.8 Å². The molecule has 2 aliphatic heterocycles. The van der Waals surface area contributed by atoms with Gasteiger partial charge in [0.1, 0.15) is 11.6 Å². The van der Waals surface area contributed by atoms with Gasteiger partial charge in [0.2, 0.25) is 0 Å². The van der Waals surface area contributed by atoms with Crippen LogP contribution < -0.4 is 10.1 Å². The van der Waals surface area contributed by atoms with Gasteiger partial charge in [0.15, 0.2) is 0 Å². The Labute approximate surface area is 157 Å². The second-order valence-electron chi connectivity index (χ2n) is 6.95. The molecule has 1 unspecified atom stereocenters. The number of rotatable bonds is 4. The topological polar surface area (TPSA) is 67.3 Å². The molecule has 3 heterocycles. The van der Waals surface area contributed by atoms with Gasteiger partial charge >= 0.3 is 0 Å². The van der Waals surface area contributed by atoms with E-state index in [-0.39, 0.29) is 10.7 Å². The zero-order valence-corrected chi connectivity index (χ0v) is 15.8. The number of nitrogens with one attached hydrogen (secondary N) is 1. The van der Waals surface area contributed by atoms with E-state index in [0.717, 1.165) is 36.7 Å². The van der Waals surface area contributed by atoms with E-state index in [2.05, 4.69) is 15.3 Å². The van der Waals surface area contributed by atoms with E-state index in [1.807, 2.05) is 47.9 Å². The highest BCUT2D eigenvalue weighted by atomic mass is 32.2. The molecule has 1 spiro atoms. The first-order valence-corrected chi connectivity index (χ1v) is 9.68. The minimum Gasteiger partial charge on any atom is -0.497 e. The maximum atomic E-state index is 12.5. The van der Waals surface area contributed by atoms with Crippen molar-refractivity contribution in [1.29, 1.82) is 0 Å². The van der Waals surface area contributed by atoms with E-state index >= 15 is 0 Å². The Morgan fingerprint density at radius 1 is 1.27 bits per heavy atom. The third-order valence-electron chi connectivity index (χ3n) is 4.94. The van der Waals surface area contributed by atoms with Crippen molar-refractivity contribution in [3.05, 3.63) is 48.0 Å². The van der Waals surface area contributed by atoms with Crippen LogP contribution in [0, 0.1) is 6.92 Å². The number of carbonyl (C=O) groups excluding carboxylic acids is 1. The largest absolute Gasteiger partial charge is 0.497 e. The lowest BCUT2D eigenvalue weighted by atomic mass is 9.91. The summed E-state index contributed by atoms with van der Waals surface area (Å²) in [5.74, 6) is 2.63. The molecule has 2 fully saturated rings. The average Bonchev–Trinajstić information content (AvgIpc) is 3.05. The summed E-state index contributed by atoms with van der Waals surface area (Å²) in [5, 5.41) is 3.60. The molecule has 1 aromatic heterocycles. The summed E-state index contributed by atoms with van der Waals surface area (Å²) in [7, 11) is 1.67. The molecule has 4 rings (SSSR count). The number of amides is 1. The van der Waals surface area contributed by atoms with Crippen molar-refractivity contribution in [3.8, 4) is 5.75 Å². The molecule has 1 amide bonds. The van der Waals surface area contributed by atoms with Crippen molar-refractivity contribution >= 4 is 23.4 Å². The summed E-state index contributed by atoms with van der Waals surface area (Å²) in [6, 6.07) is 8.44. The summed E-state index contributed by atoms with van der Waals surface area (Å²) in [4.78, 5) is 22.7. The van der Waals surface area contributed by atoms with Gasteiger partial charge in [0.25, 0.3) is 5.91 Å². The van der Waals surface area contributed by atoms with E-state index in [9.17, 15) is 4.79 Å². The third-order valence-corrected chi connectivity index (χ3v) is 6.55. The molecule has 0 radical (unpaired) electrons. The van der Waals surface area contributed by atoms with Crippen LogP contribution >= 0.6 is 11.8 Å². The molecule has 26 heavy (non-hydrogen) atoms. The van der Waals surface area contributed by atoms with E-state index in [0.29, 0.717) is 17.4 Å². The van der Waals surface area contributed by atoms with Gasteiger partial charge in [0, 0.05) is 43.0 Å². The van der Waals surface area contributed by atoms with Gasteiger partial charge in [-0.3, -0.25) is 4.79 Å². The number of hydrogen-bond donors (Lipinski definition) is 1. The third kappa shape index (κ3) is 3.35. The fraction of sp³-hybridized carbons (Fsp3) is 0.421. The SMILES string of the molecule is COc1ccc(NC2CSC3(C2)CN(C(=O)c2cnc(C)nc2)C3)cc1. The summed E-state index contributed by atoms with van der Waals surface area (Å²) < 4.78 is 5.38. The monoisotopic (exact) mass is 370 g/mol. The minimum atomic E-state index is 0.0304. The van der Waals surface area contributed by atoms with Crippen LogP contribution in [0.15, 0.2) is 36.7 Å². The number of likely N-dealkylation sites (tertiary alicyclic amines) is 1. The Bertz CT molecular complexity index is 788. The first-order chi connectivity index (χ1) is 12.6. The van der Waals surface area contributed by atoms with Crippen molar-refractivity contribution < 1.29 is 9.53 Å². The standard InChI is InChI=1S/C19H22N4O2S/c1-13-20-8-14(9-21-13)18(24)23-11-19(12-23)7-16(10-26-19)22-15-3-5-17(25-2)6-4-15/h3-6,8-9,16,22H,7,10-12H2,1-2H3. The Hall–Kier alpha value is -2.28. The normalized spacial score (nSPS) is 20.7. The number of anilines is 1. The Morgan fingerprint density at radius 3 is 2.62 bits per heavy atom. The van der Waals surface area contributed by atoms with Gasteiger partial charge in [-0.2, -0.15) is 0 Å². The van der Waals surface area contributed by atoms with Crippen LogP contribution in [-0.2, 0) is 0 Å².